The molecule has 1 aliphatic rings. The molecule has 2 unspecified atom stereocenters. The van der Waals surface area contributed by atoms with Crippen LogP contribution in [0.1, 0.15) is 25.0 Å². The van der Waals surface area contributed by atoms with Crippen LogP contribution in [0.4, 0.5) is 5.69 Å². The summed E-state index contributed by atoms with van der Waals surface area (Å²) in [5, 5.41) is 2.81. The summed E-state index contributed by atoms with van der Waals surface area (Å²) in [6, 6.07) is 11.9. The van der Waals surface area contributed by atoms with Gasteiger partial charge in [0.15, 0.2) is 0 Å². The van der Waals surface area contributed by atoms with Crippen LogP contribution < -0.4 is 10.1 Å². The topological polar surface area (TPSA) is 84.9 Å². The van der Waals surface area contributed by atoms with Gasteiger partial charge in [-0.15, -0.1) is 0 Å². The maximum absolute atomic E-state index is 12.9. The molecule has 0 saturated carbocycles. The SMILES string of the molecule is COc1ccc(C)cc1CC(=O)Nc1ccc(S(=O)(=O)N2CC(C)OC(C)C2)cc1. The molecule has 0 radical (unpaired) electrons. The van der Waals surface area contributed by atoms with E-state index in [1.165, 1.54) is 16.4 Å². The van der Waals surface area contributed by atoms with Crippen molar-refractivity contribution in [2.75, 3.05) is 25.5 Å². The third-order valence-corrected chi connectivity index (χ3v) is 6.79. The summed E-state index contributed by atoms with van der Waals surface area (Å²) in [6.45, 7) is 6.32. The molecular formula is C22H28N2O5S. The number of anilines is 1. The molecule has 1 heterocycles. The second-order valence-corrected chi connectivity index (χ2v) is 9.58. The van der Waals surface area contributed by atoms with Gasteiger partial charge < -0.3 is 14.8 Å². The first kappa shape index (κ1) is 22.3. The normalized spacial score (nSPS) is 20.0. The third-order valence-electron chi connectivity index (χ3n) is 4.95. The largest absolute Gasteiger partial charge is 0.496 e. The quantitative estimate of drug-likeness (QED) is 0.759. The molecule has 2 atom stereocenters. The Morgan fingerprint density at radius 2 is 1.77 bits per heavy atom. The average molecular weight is 433 g/mol. The van der Waals surface area contributed by atoms with Gasteiger partial charge in [0.05, 0.1) is 30.6 Å². The zero-order chi connectivity index (χ0) is 21.9. The second kappa shape index (κ2) is 9.16. The van der Waals surface area contributed by atoms with E-state index in [4.69, 9.17) is 9.47 Å². The van der Waals surface area contributed by atoms with Crippen molar-refractivity contribution in [3.05, 3.63) is 53.6 Å². The first-order valence-electron chi connectivity index (χ1n) is 9.88. The maximum atomic E-state index is 12.9. The molecule has 3 rings (SSSR count). The molecule has 1 aliphatic heterocycles. The number of carbonyl (C=O) groups is 1. The van der Waals surface area contributed by atoms with E-state index in [1.54, 1.807) is 19.2 Å². The van der Waals surface area contributed by atoms with E-state index in [-0.39, 0.29) is 29.4 Å². The number of amides is 1. The number of rotatable bonds is 6. The summed E-state index contributed by atoms with van der Waals surface area (Å²) in [4.78, 5) is 12.7. The fourth-order valence-corrected chi connectivity index (χ4v) is 5.20. The van der Waals surface area contributed by atoms with Crippen molar-refractivity contribution in [3.8, 4) is 5.75 Å². The number of carbonyl (C=O) groups excluding carboxylic acids is 1. The van der Waals surface area contributed by atoms with Gasteiger partial charge in [-0.2, -0.15) is 4.31 Å². The molecule has 30 heavy (non-hydrogen) atoms. The predicted molar refractivity (Wildman–Crippen MR) is 115 cm³/mol. The minimum absolute atomic E-state index is 0.152. The molecule has 1 saturated heterocycles. The highest BCUT2D eigenvalue weighted by molar-refractivity contribution is 7.89. The number of hydrogen-bond acceptors (Lipinski definition) is 5. The number of nitrogens with one attached hydrogen (secondary N) is 1. The van der Waals surface area contributed by atoms with Crippen LogP contribution in [0.25, 0.3) is 0 Å². The smallest absolute Gasteiger partial charge is 0.243 e. The van der Waals surface area contributed by atoms with Crippen molar-refractivity contribution in [2.24, 2.45) is 0 Å². The molecular weight excluding hydrogens is 404 g/mol. The first-order chi connectivity index (χ1) is 14.2. The fourth-order valence-electron chi connectivity index (χ4n) is 3.61. The van der Waals surface area contributed by atoms with Crippen LogP contribution in [0.15, 0.2) is 47.4 Å². The van der Waals surface area contributed by atoms with Crippen molar-refractivity contribution in [1.29, 1.82) is 0 Å². The highest BCUT2D eigenvalue weighted by atomic mass is 32.2. The summed E-state index contributed by atoms with van der Waals surface area (Å²) >= 11 is 0. The monoisotopic (exact) mass is 432 g/mol. The number of hydrogen-bond donors (Lipinski definition) is 1. The summed E-state index contributed by atoms with van der Waals surface area (Å²) in [6.07, 6.45) is -0.143. The Labute approximate surface area is 178 Å². The molecule has 0 aromatic heterocycles. The summed E-state index contributed by atoms with van der Waals surface area (Å²) in [5.41, 5.74) is 2.37. The van der Waals surface area contributed by atoms with Crippen molar-refractivity contribution in [3.63, 3.8) is 0 Å². The predicted octanol–water partition coefficient (Wildman–Crippen LogP) is 2.98. The van der Waals surface area contributed by atoms with Crippen LogP contribution in [0.5, 0.6) is 5.75 Å². The van der Waals surface area contributed by atoms with Crippen molar-refractivity contribution in [1.82, 2.24) is 4.31 Å². The van der Waals surface area contributed by atoms with Crippen LogP contribution in [-0.4, -0.2) is 51.0 Å². The molecule has 162 valence electrons. The van der Waals surface area contributed by atoms with E-state index >= 15 is 0 Å². The summed E-state index contributed by atoms with van der Waals surface area (Å²) < 4.78 is 38.2. The molecule has 2 aromatic carbocycles. The van der Waals surface area contributed by atoms with E-state index in [0.29, 0.717) is 24.5 Å². The molecule has 1 N–H and O–H groups in total. The number of aryl methyl sites for hydroxylation is 1. The van der Waals surface area contributed by atoms with Crippen LogP contribution in [0, 0.1) is 6.92 Å². The molecule has 1 fully saturated rings. The van der Waals surface area contributed by atoms with Gasteiger partial charge in [0.25, 0.3) is 0 Å². The van der Waals surface area contributed by atoms with Gasteiger partial charge in [-0.25, -0.2) is 8.42 Å². The van der Waals surface area contributed by atoms with E-state index in [1.807, 2.05) is 39.0 Å². The standard InChI is InChI=1S/C22H28N2O5S/c1-15-5-10-21(28-4)18(11-15)12-22(25)23-19-6-8-20(9-7-19)30(26,27)24-13-16(2)29-17(3)14-24/h5-11,16-17H,12-14H2,1-4H3,(H,23,25). The van der Waals surface area contributed by atoms with Gasteiger partial charge in [0.2, 0.25) is 15.9 Å². The molecule has 0 spiro atoms. The lowest BCUT2D eigenvalue weighted by Gasteiger charge is -2.34. The van der Waals surface area contributed by atoms with Crippen LogP contribution in [-0.2, 0) is 26.0 Å². The zero-order valence-electron chi connectivity index (χ0n) is 17.7. The Morgan fingerprint density at radius 1 is 1.13 bits per heavy atom. The lowest BCUT2D eigenvalue weighted by Crippen LogP contribution is -2.48. The number of methoxy groups -OCH3 is 1. The third kappa shape index (κ3) is 5.19. The molecule has 0 aliphatic carbocycles. The number of nitrogens with zero attached hydrogens (tertiary/aromatic N) is 1. The van der Waals surface area contributed by atoms with Crippen LogP contribution in [0.3, 0.4) is 0 Å². The minimum Gasteiger partial charge on any atom is -0.496 e. The first-order valence-corrected chi connectivity index (χ1v) is 11.3. The van der Waals surface area contributed by atoms with Crippen molar-refractivity contribution in [2.45, 2.75) is 44.3 Å². The Bertz CT molecular complexity index is 995. The van der Waals surface area contributed by atoms with Gasteiger partial charge in [0, 0.05) is 24.3 Å². The van der Waals surface area contributed by atoms with Crippen molar-refractivity contribution >= 4 is 21.6 Å². The average Bonchev–Trinajstić information content (AvgIpc) is 2.68. The Morgan fingerprint density at radius 3 is 2.37 bits per heavy atom. The zero-order valence-corrected chi connectivity index (χ0v) is 18.5. The highest BCUT2D eigenvalue weighted by Crippen LogP contribution is 2.23. The second-order valence-electron chi connectivity index (χ2n) is 7.64. The Balaban J connectivity index is 1.68. The van der Waals surface area contributed by atoms with E-state index < -0.39 is 10.0 Å². The summed E-state index contributed by atoms with van der Waals surface area (Å²) in [5.74, 6) is 0.455. The van der Waals surface area contributed by atoms with E-state index in [2.05, 4.69) is 5.32 Å². The van der Waals surface area contributed by atoms with Gasteiger partial charge in [-0.3, -0.25) is 4.79 Å². The fraction of sp³-hybridized carbons (Fsp3) is 0.409. The van der Waals surface area contributed by atoms with Gasteiger partial charge in [-0.05, 0) is 51.1 Å². The van der Waals surface area contributed by atoms with Gasteiger partial charge in [-0.1, -0.05) is 17.7 Å². The molecule has 2 aromatic rings. The number of morpholine rings is 1. The number of sulfonamides is 1. The molecule has 8 heteroatoms. The van der Waals surface area contributed by atoms with Crippen molar-refractivity contribution < 1.29 is 22.7 Å². The lowest BCUT2D eigenvalue weighted by molar-refractivity contribution is -0.115. The number of benzene rings is 2. The molecule has 1 amide bonds. The molecule has 7 nitrogen and oxygen atoms in total. The van der Waals surface area contributed by atoms with Gasteiger partial charge >= 0.3 is 0 Å². The van der Waals surface area contributed by atoms with Crippen LogP contribution in [0.2, 0.25) is 0 Å². The van der Waals surface area contributed by atoms with Crippen LogP contribution >= 0.6 is 0 Å². The van der Waals surface area contributed by atoms with E-state index in [9.17, 15) is 13.2 Å². The Kier molecular flexibility index (Phi) is 6.80. The van der Waals surface area contributed by atoms with E-state index in [0.717, 1.165) is 11.1 Å². The van der Waals surface area contributed by atoms with Gasteiger partial charge in [0.1, 0.15) is 5.75 Å². The summed E-state index contributed by atoms with van der Waals surface area (Å²) in [7, 11) is -2.04. The highest BCUT2D eigenvalue weighted by Gasteiger charge is 2.32. The Hall–Kier alpha value is -2.42. The molecule has 0 bridgehead atoms. The number of ether oxygens (including phenoxy) is 2. The minimum atomic E-state index is -3.61. The maximum Gasteiger partial charge on any atom is 0.243 e. The lowest BCUT2D eigenvalue weighted by atomic mass is 10.1.